The Labute approximate surface area is 233 Å². The summed E-state index contributed by atoms with van der Waals surface area (Å²) >= 11 is 0. The second-order valence-electron chi connectivity index (χ2n) is 11.7. The van der Waals surface area contributed by atoms with Crippen LogP contribution in [0, 0.1) is 0 Å². The minimum atomic E-state index is -0.107. The molecule has 0 saturated heterocycles. The van der Waals surface area contributed by atoms with Gasteiger partial charge in [0.15, 0.2) is 0 Å². The second kappa shape index (κ2) is 8.85. The van der Waals surface area contributed by atoms with Crippen molar-refractivity contribution < 1.29 is 0 Å². The van der Waals surface area contributed by atoms with Gasteiger partial charge in [-0.25, -0.2) is 0 Å². The maximum Gasteiger partial charge on any atom is 0.0537 e. The normalized spacial score (nSPS) is 15.3. The van der Waals surface area contributed by atoms with Crippen molar-refractivity contribution in [3.63, 3.8) is 0 Å². The third kappa shape index (κ3) is 3.61. The van der Waals surface area contributed by atoms with E-state index in [2.05, 4.69) is 137 Å². The average Bonchev–Trinajstić information content (AvgIpc) is 3.32. The van der Waals surface area contributed by atoms with Crippen molar-refractivity contribution in [2.75, 3.05) is 4.90 Å². The lowest BCUT2D eigenvalue weighted by molar-refractivity contribution is 0.660. The maximum atomic E-state index is 4.40. The standard InChI is InChI=1S/C38H35N/c1-8-10-21-39(26-19-20-29-27-15-11-13-17-32(27)37(4,5)34(29)22-26)36-24-35-31(23-30(36)25(3)9-2)28-16-12-14-18-33(28)38(35,6)7/h8-24H,1-3H2,4-7H3/b21-10+. The first-order valence-corrected chi connectivity index (χ1v) is 13.6. The molecule has 0 saturated carbocycles. The van der Waals surface area contributed by atoms with E-state index in [1.807, 2.05) is 18.2 Å². The van der Waals surface area contributed by atoms with Gasteiger partial charge in [0.2, 0.25) is 0 Å². The number of benzene rings is 4. The van der Waals surface area contributed by atoms with Crippen LogP contribution in [0.2, 0.25) is 0 Å². The van der Waals surface area contributed by atoms with Crippen molar-refractivity contribution in [1.29, 1.82) is 0 Å². The molecule has 0 unspecified atom stereocenters. The summed E-state index contributed by atoms with van der Waals surface area (Å²) in [6.07, 6.45) is 7.80. The smallest absolute Gasteiger partial charge is 0.0537 e. The van der Waals surface area contributed by atoms with Crippen molar-refractivity contribution in [3.05, 3.63) is 151 Å². The minimum absolute atomic E-state index is 0.0785. The molecule has 0 heterocycles. The van der Waals surface area contributed by atoms with Crippen molar-refractivity contribution in [2.24, 2.45) is 0 Å². The SMILES string of the molecule is C=C/C=C/N(c1ccc2c(c1)C(C)(C)c1ccccc1-2)c1cc2c(cc1C(=C)C=C)-c1ccccc1C2(C)C. The fourth-order valence-corrected chi connectivity index (χ4v) is 6.60. The predicted molar refractivity (Wildman–Crippen MR) is 169 cm³/mol. The van der Waals surface area contributed by atoms with Crippen LogP contribution in [-0.2, 0) is 10.8 Å². The molecule has 4 aromatic carbocycles. The van der Waals surface area contributed by atoms with Gasteiger partial charge in [-0.1, -0.05) is 114 Å². The molecule has 1 heteroatoms. The lowest BCUT2D eigenvalue weighted by Gasteiger charge is -2.29. The van der Waals surface area contributed by atoms with E-state index in [9.17, 15) is 0 Å². The van der Waals surface area contributed by atoms with E-state index in [4.69, 9.17) is 0 Å². The lowest BCUT2D eigenvalue weighted by Crippen LogP contribution is -2.18. The molecular formula is C38H35N. The Kier molecular flexibility index (Phi) is 5.66. The van der Waals surface area contributed by atoms with E-state index in [1.165, 1.54) is 44.5 Å². The molecule has 39 heavy (non-hydrogen) atoms. The zero-order valence-electron chi connectivity index (χ0n) is 23.4. The molecule has 1 nitrogen and oxygen atoms in total. The quantitative estimate of drug-likeness (QED) is 0.236. The average molecular weight is 506 g/mol. The highest BCUT2D eigenvalue weighted by Crippen LogP contribution is 2.53. The van der Waals surface area contributed by atoms with Crippen LogP contribution in [0.4, 0.5) is 11.4 Å². The molecular weight excluding hydrogens is 470 g/mol. The van der Waals surface area contributed by atoms with E-state index in [0.29, 0.717) is 0 Å². The zero-order chi connectivity index (χ0) is 27.5. The molecule has 0 aromatic heterocycles. The Hall–Kier alpha value is -4.36. The van der Waals surface area contributed by atoms with Crippen LogP contribution in [0.5, 0.6) is 0 Å². The van der Waals surface area contributed by atoms with Crippen LogP contribution in [-0.4, -0.2) is 0 Å². The molecule has 0 fully saturated rings. The highest BCUT2D eigenvalue weighted by Gasteiger charge is 2.38. The Morgan fingerprint density at radius 1 is 0.667 bits per heavy atom. The van der Waals surface area contributed by atoms with Gasteiger partial charge in [0.25, 0.3) is 0 Å². The number of fused-ring (bicyclic) bond motifs is 6. The summed E-state index contributed by atoms with van der Waals surface area (Å²) in [5.41, 5.74) is 14.6. The van der Waals surface area contributed by atoms with E-state index in [0.717, 1.165) is 22.5 Å². The van der Waals surface area contributed by atoms with Crippen LogP contribution in [0.3, 0.4) is 0 Å². The van der Waals surface area contributed by atoms with Gasteiger partial charge in [0.05, 0.1) is 5.69 Å². The fourth-order valence-electron chi connectivity index (χ4n) is 6.60. The first-order chi connectivity index (χ1) is 18.7. The summed E-state index contributed by atoms with van der Waals surface area (Å²) in [4.78, 5) is 2.28. The van der Waals surface area contributed by atoms with Crippen LogP contribution in [0.25, 0.3) is 27.8 Å². The molecule has 2 aliphatic rings. The Bertz CT molecular complexity index is 1710. The Morgan fingerprint density at radius 3 is 1.85 bits per heavy atom. The van der Waals surface area contributed by atoms with E-state index < -0.39 is 0 Å². The number of allylic oxidation sites excluding steroid dienone is 4. The zero-order valence-corrected chi connectivity index (χ0v) is 23.4. The highest BCUT2D eigenvalue weighted by molar-refractivity contribution is 5.92. The third-order valence-corrected chi connectivity index (χ3v) is 8.77. The van der Waals surface area contributed by atoms with Gasteiger partial charge in [-0.3, -0.25) is 0 Å². The first kappa shape index (κ1) is 24.9. The summed E-state index contributed by atoms with van der Waals surface area (Å²) in [5.74, 6) is 0. The second-order valence-corrected chi connectivity index (χ2v) is 11.7. The van der Waals surface area contributed by atoms with Crippen molar-refractivity contribution in [2.45, 2.75) is 38.5 Å². The highest BCUT2D eigenvalue weighted by atomic mass is 15.1. The third-order valence-electron chi connectivity index (χ3n) is 8.77. The molecule has 0 aliphatic heterocycles. The molecule has 0 spiro atoms. The van der Waals surface area contributed by atoms with Crippen LogP contribution < -0.4 is 4.90 Å². The minimum Gasteiger partial charge on any atom is -0.317 e. The van der Waals surface area contributed by atoms with Crippen LogP contribution >= 0.6 is 0 Å². The number of rotatable bonds is 6. The predicted octanol–water partition coefficient (Wildman–Crippen LogP) is 10.3. The summed E-state index contributed by atoms with van der Waals surface area (Å²) < 4.78 is 0. The topological polar surface area (TPSA) is 3.24 Å². The van der Waals surface area contributed by atoms with Gasteiger partial charge in [-0.2, -0.15) is 0 Å². The van der Waals surface area contributed by atoms with Crippen molar-refractivity contribution in [3.8, 4) is 22.3 Å². The van der Waals surface area contributed by atoms with E-state index in [-0.39, 0.29) is 10.8 Å². The number of anilines is 2. The number of hydrogen-bond donors (Lipinski definition) is 0. The van der Waals surface area contributed by atoms with Gasteiger partial charge in [0, 0.05) is 28.3 Å². The largest absolute Gasteiger partial charge is 0.317 e. The van der Waals surface area contributed by atoms with Gasteiger partial charge in [0.1, 0.15) is 0 Å². The molecule has 192 valence electrons. The molecule has 0 amide bonds. The molecule has 0 N–H and O–H groups in total. The summed E-state index contributed by atoms with van der Waals surface area (Å²) in [5, 5.41) is 0. The van der Waals surface area contributed by atoms with Crippen molar-refractivity contribution in [1.82, 2.24) is 0 Å². The molecule has 0 atom stereocenters. The summed E-state index contributed by atoms with van der Waals surface area (Å²) in [7, 11) is 0. The summed E-state index contributed by atoms with van der Waals surface area (Å²) in [6, 6.07) is 29.1. The Morgan fingerprint density at radius 2 is 1.23 bits per heavy atom. The van der Waals surface area contributed by atoms with Crippen molar-refractivity contribution >= 4 is 16.9 Å². The van der Waals surface area contributed by atoms with Gasteiger partial charge in [-0.05, 0) is 80.4 Å². The fraction of sp³-hybridized carbons (Fsp3) is 0.158. The van der Waals surface area contributed by atoms with Crippen LogP contribution in [0.1, 0.15) is 55.5 Å². The molecule has 6 rings (SSSR count). The van der Waals surface area contributed by atoms with Crippen LogP contribution in [0.15, 0.2) is 123 Å². The monoisotopic (exact) mass is 505 g/mol. The molecule has 0 radical (unpaired) electrons. The molecule has 0 bridgehead atoms. The number of nitrogens with zero attached hydrogens (tertiary/aromatic N) is 1. The summed E-state index contributed by atoms with van der Waals surface area (Å²) in [6.45, 7) is 21.7. The Balaban J connectivity index is 1.59. The number of hydrogen-bond acceptors (Lipinski definition) is 1. The molecule has 4 aromatic rings. The first-order valence-electron chi connectivity index (χ1n) is 13.6. The van der Waals surface area contributed by atoms with E-state index in [1.54, 1.807) is 0 Å². The van der Waals surface area contributed by atoms with Gasteiger partial charge in [-0.15, -0.1) is 0 Å². The maximum absolute atomic E-state index is 4.40. The van der Waals surface area contributed by atoms with E-state index >= 15 is 0 Å². The molecule has 2 aliphatic carbocycles. The van der Waals surface area contributed by atoms with Gasteiger partial charge >= 0.3 is 0 Å². The van der Waals surface area contributed by atoms with Gasteiger partial charge < -0.3 is 4.90 Å². The lowest BCUT2D eigenvalue weighted by atomic mass is 9.81.